The van der Waals surface area contributed by atoms with E-state index in [1.54, 1.807) is 36.4 Å². The van der Waals surface area contributed by atoms with Crippen molar-refractivity contribution in [1.82, 2.24) is 0 Å². The molecule has 0 radical (unpaired) electrons. The number of benzene rings is 4. The number of fused-ring (bicyclic) bond motifs is 3. The zero-order chi connectivity index (χ0) is 22.2. The minimum Gasteiger partial charge on any atom is -0.465 e. The predicted octanol–water partition coefficient (Wildman–Crippen LogP) is 6.61. The third-order valence-corrected chi connectivity index (χ3v) is 5.54. The number of esters is 1. The van der Waals surface area contributed by atoms with Gasteiger partial charge in [-0.25, -0.2) is 4.79 Å². The van der Waals surface area contributed by atoms with Gasteiger partial charge in [0.1, 0.15) is 11.2 Å². The molecule has 0 fully saturated rings. The van der Waals surface area contributed by atoms with Crippen molar-refractivity contribution in [1.29, 1.82) is 0 Å². The van der Waals surface area contributed by atoms with Gasteiger partial charge in [-0.15, -0.1) is 0 Å². The molecule has 0 unspecified atom stereocenters. The van der Waals surface area contributed by atoms with Crippen LogP contribution in [-0.4, -0.2) is 18.0 Å². The third kappa shape index (κ3) is 3.01. The zero-order valence-electron chi connectivity index (χ0n) is 17.1. The minimum atomic E-state index is -0.582. The van der Waals surface area contributed by atoms with Crippen LogP contribution in [0.3, 0.4) is 0 Å². The fourth-order valence-electron chi connectivity index (χ4n) is 4.14. The molecule has 32 heavy (non-hydrogen) atoms. The van der Waals surface area contributed by atoms with Crippen molar-refractivity contribution in [3.05, 3.63) is 101 Å². The second-order valence-electron chi connectivity index (χ2n) is 7.27. The van der Waals surface area contributed by atoms with Crippen molar-refractivity contribution in [2.24, 2.45) is 0 Å². The molecule has 156 valence electrons. The first-order chi connectivity index (χ1) is 15.6. The molecule has 0 bridgehead atoms. The van der Waals surface area contributed by atoms with E-state index in [-0.39, 0.29) is 11.3 Å². The van der Waals surface area contributed by atoms with Crippen LogP contribution < -0.4 is 0 Å². The van der Waals surface area contributed by atoms with Crippen LogP contribution in [-0.2, 0) is 4.74 Å². The average Bonchev–Trinajstić information content (AvgIpc) is 3.22. The smallest absolute Gasteiger partial charge is 0.339 e. The molecule has 5 aromatic rings. The van der Waals surface area contributed by atoms with E-state index >= 15 is 0 Å². The number of hydrogen-bond acceptors (Lipinski definition) is 5. The highest BCUT2D eigenvalue weighted by molar-refractivity contribution is 6.13. The van der Waals surface area contributed by atoms with Crippen molar-refractivity contribution < 1.29 is 18.9 Å². The molecule has 6 heteroatoms. The van der Waals surface area contributed by atoms with Crippen LogP contribution in [0, 0.1) is 10.1 Å². The van der Waals surface area contributed by atoms with Crippen LogP contribution in [0.1, 0.15) is 10.4 Å². The molecule has 0 aliphatic heterocycles. The van der Waals surface area contributed by atoms with E-state index in [4.69, 9.17) is 9.15 Å². The van der Waals surface area contributed by atoms with E-state index in [9.17, 15) is 14.9 Å². The summed E-state index contributed by atoms with van der Waals surface area (Å²) in [6.45, 7) is 0. The maximum absolute atomic E-state index is 13.0. The molecule has 0 saturated heterocycles. The lowest BCUT2D eigenvalue weighted by atomic mass is 9.90. The van der Waals surface area contributed by atoms with Crippen LogP contribution in [0.25, 0.3) is 44.2 Å². The topological polar surface area (TPSA) is 82.6 Å². The Morgan fingerprint density at radius 1 is 0.781 bits per heavy atom. The van der Waals surface area contributed by atoms with Crippen LogP contribution in [0.4, 0.5) is 5.69 Å². The van der Waals surface area contributed by atoms with Gasteiger partial charge in [0, 0.05) is 33.5 Å². The van der Waals surface area contributed by atoms with E-state index < -0.39 is 10.9 Å². The number of carbonyl (C=O) groups excluding carboxylic acids is 1. The summed E-state index contributed by atoms with van der Waals surface area (Å²) in [6.07, 6.45) is 0. The first kappa shape index (κ1) is 19.5. The molecule has 1 heterocycles. The maximum atomic E-state index is 13.0. The summed E-state index contributed by atoms with van der Waals surface area (Å²) in [7, 11) is 1.30. The van der Waals surface area contributed by atoms with Gasteiger partial charge >= 0.3 is 5.97 Å². The van der Waals surface area contributed by atoms with E-state index in [1.165, 1.54) is 13.2 Å². The molecule has 0 atom stereocenters. The van der Waals surface area contributed by atoms with Crippen molar-refractivity contribution in [2.75, 3.05) is 7.11 Å². The number of nitrogens with zero attached hydrogens (tertiary/aromatic N) is 1. The highest BCUT2D eigenvalue weighted by Crippen LogP contribution is 2.41. The molecule has 6 nitrogen and oxygen atoms in total. The number of nitro groups is 1. The van der Waals surface area contributed by atoms with Crippen molar-refractivity contribution in [2.45, 2.75) is 0 Å². The minimum absolute atomic E-state index is 0.0863. The van der Waals surface area contributed by atoms with E-state index in [0.29, 0.717) is 27.8 Å². The summed E-state index contributed by atoms with van der Waals surface area (Å²) in [5.41, 5.74) is 3.60. The molecule has 0 spiro atoms. The number of furan rings is 1. The zero-order valence-corrected chi connectivity index (χ0v) is 17.1. The summed E-state index contributed by atoms with van der Waals surface area (Å²) < 4.78 is 11.2. The van der Waals surface area contributed by atoms with E-state index in [1.807, 2.05) is 42.5 Å². The highest BCUT2D eigenvalue weighted by Gasteiger charge is 2.25. The third-order valence-electron chi connectivity index (χ3n) is 5.54. The van der Waals surface area contributed by atoms with E-state index in [0.717, 1.165) is 16.4 Å². The Morgan fingerprint density at radius 3 is 2.16 bits per heavy atom. The Bertz CT molecular complexity index is 1520. The van der Waals surface area contributed by atoms with Gasteiger partial charge < -0.3 is 9.15 Å². The van der Waals surface area contributed by atoms with Crippen LogP contribution in [0.15, 0.2) is 89.3 Å². The van der Waals surface area contributed by atoms with Gasteiger partial charge in [0.15, 0.2) is 0 Å². The molecule has 0 aliphatic rings. The van der Waals surface area contributed by atoms with Gasteiger partial charge in [-0.1, -0.05) is 66.7 Å². The Labute approximate surface area is 182 Å². The number of rotatable bonds is 4. The summed E-state index contributed by atoms with van der Waals surface area (Å²) in [6, 6.07) is 25.1. The van der Waals surface area contributed by atoms with Gasteiger partial charge in [0.05, 0.1) is 23.2 Å². The largest absolute Gasteiger partial charge is 0.465 e. The quantitative estimate of drug-likeness (QED) is 0.184. The monoisotopic (exact) mass is 423 g/mol. The normalized spacial score (nSPS) is 11.0. The van der Waals surface area contributed by atoms with Crippen LogP contribution in [0.5, 0.6) is 0 Å². The summed E-state index contributed by atoms with van der Waals surface area (Å²) in [5, 5.41) is 13.5. The first-order valence-corrected chi connectivity index (χ1v) is 9.96. The van der Waals surface area contributed by atoms with Gasteiger partial charge in [-0.3, -0.25) is 10.1 Å². The first-order valence-electron chi connectivity index (χ1n) is 9.96. The number of carbonyl (C=O) groups is 1. The molecular weight excluding hydrogens is 406 g/mol. The molecule has 0 N–H and O–H groups in total. The maximum Gasteiger partial charge on any atom is 0.339 e. The predicted molar refractivity (Wildman–Crippen MR) is 123 cm³/mol. The second kappa shape index (κ2) is 7.67. The van der Waals surface area contributed by atoms with Crippen molar-refractivity contribution in [3.8, 4) is 22.3 Å². The SMILES string of the molecule is COC(=O)c1c(-c2ccccc2[N+](=O)[O-])cccc1-c1cccc2c1oc1ccccc12. The molecular formula is C26H17NO5. The summed E-state index contributed by atoms with van der Waals surface area (Å²) in [4.78, 5) is 24.2. The van der Waals surface area contributed by atoms with Crippen LogP contribution in [0.2, 0.25) is 0 Å². The Morgan fingerprint density at radius 2 is 1.38 bits per heavy atom. The fourth-order valence-corrected chi connectivity index (χ4v) is 4.14. The van der Waals surface area contributed by atoms with Crippen LogP contribution >= 0.6 is 0 Å². The number of ether oxygens (including phenoxy) is 1. The lowest BCUT2D eigenvalue weighted by molar-refractivity contribution is -0.384. The fraction of sp³-hybridized carbons (Fsp3) is 0.0385. The molecule has 0 saturated carbocycles. The summed E-state index contributed by atoms with van der Waals surface area (Å²) in [5.74, 6) is -0.582. The van der Waals surface area contributed by atoms with Gasteiger partial charge in [0.25, 0.3) is 5.69 Å². The van der Waals surface area contributed by atoms with Gasteiger partial charge in [-0.05, 0) is 12.1 Å². The van der Waals surface area contributed by atoms with Gasteiger partial charge in [0.2, 0.25) is 0 Å². The lowest BCUT2D eigenvalue weighted by Crippen LogP contribution is -2.07. The Hall–Kier alpha value is -4.45. The number of para-hydroxylation sites is 3. The standard InChI is InChI=1S/C26H17NO5/c1-31-26(28)24-18(16-8-2-4-14-22(16)27(29)30)10-6-11-19(24)21-13-7-12-20-17-9-3-5-15-23(17)32-25(20)21/h2-15H,1H3. The molecule has 0 amide bonds. The average molecular weight is 423 g/mol. The molecule has 5 rings (SSSR count). The molecule has 0 aliphatic carbocycles. The number of nitro benzene ring substituents is 1. The molecule has 4 aromatic carbocycles. The van der Waals surface area contributed by atoms with Crippen molar-refractivity contribution in [3.63, 3.8) is 0 Å². The number of methoxy groups -OCH3 is 1. The Kier molecular flexibility index (Phi) is 4.67. The lowest BCUT2D eigenvalue weighted by Gasteiger charge is -2.14. The highest BCUT2D eigenvalue weighted by atomic mass is 16.6. The Balaban J connectivity index is 1.85. The van der Waals surface area contributed by atoms with E-state index in [2.05, 4.69) is 0 Å². The van der Waals surface area contributed by atoms with Crippen molar-refractivity contribution >= 4 is 33.6 Å². The summed E-state index contributed by atoms with van der Waals surface area (Å²) >= 11 is 0. The second-order valence-corrected chi connectivity index (χ2v) is 7.27. The number of hydrogen-bond donors (Lipinski definition) is 0. The molecule has 1 aromatic heterocycles. The van der Waals surface area contributed by atoms with Gasteiger partial charge in [-0.2, -0.15) is 0 Å².